The van der Waals surface area contributed by atoms with Gasteiger partial charge in [-0.25, -0.2) is 4.98 Å². The van der Waals surface area contributed by atoms with Gasteiger partial charge < -0.3 is 10.6 Å². The van der Waals surface area contributed by atoms with E-state index in [9.17, 15) is 0 Å². The third-order valence-electron chi connectivity index (χ3n) is 3.29. The molecule has 4 heteroatoms. The van der Waals surface area contributed by atoms with Crippen molar-refractivity contribution in [1.82, 2.24) is 9.97 Å². The van der Waals surface area contributed by atoms with E-state index in [0.29, 0.717) is 12.6 Å². The molecule has 0 aliphatic heterocycles. The van der Waals surface area contributed by atoms with Crippen LogP contribution in [0.1, 0.15) is 24.2 Å². The lowest BCUT2D eigenvalue weighted by Gasteiger charge is -2.29. The molecule has 0 radical (unpaired) electrons. The Labute approximate surface area is 96.9 Å². The first-order valence-corrected chi connectivity index (χ1v) is 5.86. The Hall–Kier alpha value is -1.16. The van der Waals surface area contributed by atoms with Crippen LogP contribution in [-0.2, 0) is 0 Å². The van der Waals surface area contributed by atoms with Crippen molar-refractivity contribution in [3.8, 4) is 0 Å². The number of hydrogen-bond donors (Lipinski definition) is 1. The average Bonchev–Trinajstić information content (AvgIpc) is 3.07. The minimum Gasteiger partial charge on any atom is -0.354 e. The van der Waals surface area contributed by atoms with E-state index in [-0.39, 0.29) is 0 Å². The van der Waals surface area contributed by atoms with Gasteiger partial charge >= 0.3 is 0 Å². The molecule has 1 atom stereocenters. The monoisotopic (exact) mass is 220 g/mol. The quantitative estimate of drug-likeness (QED) is 0.830. The fraction of sp³-hybridized carbons (Fsp3) is 0.667. The van der Waals surface area contributed by atoms with Gasteiger partial charge in [-0.15, -0.1) is 0 Å². The van der Waals surface area contributed by atoms with Gasteiger partial charge in [0, 0.05) is 25.8 Å². The first-order chi connectivity index (χ1) is 7.63. The number of aryl methyl sites for hydroxylation is 2. The van der Waals surface area contributed by atoms with E-state index in [4.69, 9.17) is 5.73 Å². The zero-order chi connectivity index (χ0) is 11.7. The topological polar surface area (TPSA) is 55.0 Å². The van der Waals surface area contributed by atoms with Gasteiger partial charge in [0.25, 0.3) is 0 Å². The van der Waals surface area contributed by atoms with Crippen molar-refractivity contribution in [3.05, 3.63) is 17.6 Å². The summed E-state index contributed by atoms with van der Waals surface area (Å²) < 4.78 is 0. The molecule has 16 heavy (non-hydrogen) atoms. The molecule has 88 valence electrons. The highest BCUT2D eigenvalue weighted by molar-refractivity contribution is 5.44. The van der Waals surface area contributed by atoms with Crippen LogP contribution in [0.4, 0.5) is 5.82 Å². The largest absolute Gasteiger partial charge is 0.354 e. The fourth-order valence-corrected chi connectivity index (χ4v) is 2.16. The lowest BCUT2D eigenvalue weighted by atomic mass is 10.1. The van der Waals surface area contributed by atoms with Gasteiger partial charge in [-0.2, -0.15) is 0 Å². The zero-order valence-electron chi connectivity index (χ0n) is 10.3. The highest BCUT2D eigenvalue weighted by Gasteiger charge is 2.33. The molecule has 1 heterocycles. The molecule has 2 rings (SSSR count). The van der Waals surface area contributed by atoms with Crippen LogP contribution in [0.25, 0.3) is 0 Å². The van der Waals surface area contributed by atoms with Crippen LogP contribution >= 0.6 is 0 Å². The second-order valence-electron chi connectivity index (χ2n) is 4.67. The lowest BCUT2D eigenvalue weighted by molar-refractivity contribution is 0.564. The van der Waals surface area contributed by atoms with Crippen molar-refractivity contribution in [2.75, 3.05) is 18.5 Å². The number of nitrogens with two attached hydrogens (primary N) is 1. The predicted molar refractivity (Wildman–Crippen MR) is 65.5 cm³/mol. The summed E-state index contributed by atoms with van der Waals surface area (Å²) in [5, 5.41) is 0. The van der Waals surface area contributed by atoms with E-state index >= 15 is 0 Å². The molecule has 1 aliphatic carbocycles. The van der Waals surface area contributed by atoms with Gasteiger partial charge in [-0.05, 0) is 32.6 Å². The van der Waals surface area contributed by atoms with Crippen LogP contribution in [0.15, 0.2) is 6.20 Å². The van der Waals surface area contributed by atoms with Gasteiger partial charge in [0.2, 0.25) is 0 Å². The first kappa shape index (κ1) is 11.3. The minimum absolute atomic E-state index is 0.412. The Morgan fingerprint density at radius 1 is 1.50 bits per heavy atom. The molecule has 1 saturated carbocycles. The Morgan fingerprint density at radius 3 is 2.75 bits per heavy atom. The van der Waals surface area contributed by atoms with Crippen LogP contribution in [0, 0.1) is 19.8 Å². The first-order valence-electron chi connectivity index (χ1n) is 5.86. The number of anilines is 1. The maximum Gasteiger partial charge on any atom is 0.150 e. The number of likely N-dealkylation sites (N-methyl/N-ethyl adjacent to an activating group) is 1. The molecule has 0 aromatic carbocycles. The van der Waals surface area contributed by atoms with Crippen LogP contribution in [-0.4, -0.2) is 29.6 Å². The molecule has 0 amide bonds. The smallest absolute Gasteiger partial charge is 0.150 e. The molecule has 1 fully saturated rings. The van der Waals surface area contributed by atoms with Gasteiger partial charge in [-0.3, -0.25) is 4.98 Å². The summed E-state index contributed by atoms with van der Waals surface area (Å²) in [6.45, 7) is 4.66. The van der Waals surface area contributed by atoms with Crippen LogP contribution in [0.2, 0.25) is 0 Å². The van der Waals surface area contributed by atoms with Gasteiger partial charge in [-0.1, -0.05) is 0 Å². The Bertz CT molecular complexity index is 373. The van der Waals surface area contributed by atoms with Gasteiger partial charge in [0.05, 0.1) is 11.4 Å². The summed E-state index contributed by atoms with van der Waals surface area (Å²) in [6.07, 6.45) is 4.40. The lowest BCUT2D eigenvalue weighted by Crippen LogP contribution is -2.40. The normalized spacial score (nSPS) is 17.2. The van der Waals surface area contributed by atoms with E-state index in [1.54, 1.807) is 6.20 Å². The molecule has 2 N–H and O–H groups in total. The van der Waals surface area contributed by atoms with E-state index in [1.807, 2.05) is 13.8 Å². The standard InChI is InChI=1S/C12H20N4/c1-8-7-14-9(2)12(15-8)16(3)11(6-13)10-4-5-10/h7,10-11H,4-6,13H2,1-3H3. The summed E-state index contributed by atoms with van der Waals surface area (Å²) in [5.74, 6) is 1.72. The number of rotatable bonds is 4. The molecule has 1 aromatic rings. The fourth-order valence-electron chi connectivity index (χ4n) is 2.16. The summed E-state index contributed by atoms with van der Waals surface area (Å²) in [5.41, 5.74) is 7.79. The zero-order valence-corrected chi connectivity index (χ0v) is 10.3. The van der Waals surface area contributed by atoms with Crippen LogP contribution in [0.5, 0.6) is 0 Å². The average molecular weight is 220 g/mol. The Balaban J connectivity index is 2.24. The van der Waals surface area contributed by atoms with Crippen molar-refractivity contribution >= 4 is 5.82 Å². The van der Waals surface area contributed by atoms with Crippen LogP contribution < -0.4 is 10.6 Å². The molecule has 1 aromatic heterocycles. The van der Waals surface area contributed by atoms with Gasteiger partial charge in [0.15, 0.2) is 0 Å². The van der Waals surface area contributed by atoms with Crippen molar-refractivity contribution in [2.24, 2.45) is 11.7 Å². The highest BCUT2D eigenvalue weighted by Crippen LogP contribution is 2.36. The SMILES string of the molecule is Cc1cnc(C)c(N(C)C(CN)C2CC2)n1. The van der Waals surface area contributed by atoms with Gasteiger partial charge in [0.1, 0.15) is 5.82 Å². The third kappa shape index (κ3) is 2.16. The van der Waals surface area contributed by atoms with Crippen molar-refractivity contribution in [3.63, 3.8) is 0 Å². The number of hydrogen-bond acceptors (Lipinski definition) is 4. The summed E-state index contributed by atoms with van der Waals surface area (Å²) in [7, 11) is 2.08. The third-order valence-corrected chi connectivity index (χ3v) is 3.29. The summed E-state index contributed by atoms with van der Waals surface area (Å²) >= 11 is 0. The highest BCUT2D eigenvalue weighted by atomic mass is 15.2. The van der Waals surface area contributed by atoms with E-state index in [0.717, 1.165) is 23.1 Å². The van der Waals surface area contributed by atoms with Crippen LogP contribution in [0.3, 0.4) is 0 Å². The molecule has 0 spiro atoms. The van der Waals surface area contributed by atoms with E-state index in [1.165, 1.54) is 12.8 Å². The second-order valence-corrected chi connectivity index (χ2v) is 4.67. The van der Waals surface area contributed by atoms with E-state index < -0.39 is 0 Å². The maximum atomic E-state index is 5.85. The molecule has 1 aliphatic rings. The number of nitrogens with zero attached hydrogens (tertiary/aromatic N) is 3. The maximum absolute atomic E-state index is 5.85. The molecular weight excluding hydrogens is 200 g/mol. The van der Waals surface area contributed by atoms with E-state index in [2.05, 4.69) is 21.9 Å². The summed E-state index contributed by atoms with van der Waals surface area (Å²) in [6, 6.07) is 0.412. The molecule has 0 bridgehead atoms. The number of aromatic nitrogens is 2. The second kappa shape index (κ2) is 4.37. The predicted octanol–water partition coefficient (Wildman–Crippen LogP) is 1.27. The Morgan fingerprint density at radius 2 is 2.19 bits per heavy atom. The van der Waals surface area contributed by atoms with Crippen molar-refractivity contribution in [2.45, 2.75) is 32.7 Å². The minimum atomic E-state index is 0.412. The molecule has 4 nitrogen and oxygen atoms in total. The Kier molecular flexibility index (Phi) is 3.10. The summed E-state index contributed by atoms with van der Waals surface area (Å²) in [4.78, 5) is 11.1. The molecule has 0 saturated heterocycles. The molecular formula is C12H20N4. The van der Waals surface area contributed by atoms with Crippen molar-refractivity contribution in [1.29, 1.82) is 0 Å². The molecule has 1 unspecified atom stereocenters. The van der Waals surface area contributed by atoms with Crippen molar-refractivity contribution < 1.29 is 0 Å².